The second-order valence-corrected chi connectivity index (χ2v) is 4.49. The number of aliphatic hydroxyl groups is 1. The number of ether oxygens (including phenoxy) is 1. The molecule has 1 N–H and O–H groups in total. The molecule has 0 saturated carbocycles. The minimum Gasteiger partial charge on any atom is -0.449 e. The summed E-state index contributed by atoms with van der Waals surface area (Å²) in [4.78, 5) is 13.2. The molecule has 1 aromatic carbocycles. The highest BCUT2D eigenvalue weighted by molar-refractivity contribution is 5.68. The molecule has 2 rings (SSSR count). The molecule has 0 bridgehead atoms. The third-order valence-corrected chi connectivity index (χ3v) is 2.93. The summed E-state index contributed by atoms with van der Waals surface area (Å²) in [5.74, 6) is 0.0261. The monoisotopic (exact) mass is 235 g/mol. The molecule has 1 saturated heterocycles. The number of nitrogens with zero attached hydrogens (tertiary/aromatic N) is 1. The van der Waals surface area contributed by atoms with Crippen LogP contribution in [0.15, 0.2) is 24.3 Å². The smallest absolute Gasteiger partial charge is 0.410 e. The minimum absolute atomic E-state index is 0.0261. The highest BCUT2D eigenvalue weighted by Crippen LogP contribution is 2.15. The van der Waals surface area contributed by atoms with Gasteiger partial charge < -0.3 is 14.7 Å². The largest absolute Gasteiger partial charge is 0.449 e. The van der Waals surface area contributed by atoms with E-state index < -0.39 is 0 Å². The van der Waals surface area contributed by atoms with Crippen LogP contribution in [0.3, 0.4) is 0 Å². The van der Waals surface area contributed by atoms with E-state index in [1.165, 1.54) is 5.56 Å². The second-order valence-electron chi connectivity index (χ2n) is 4.49. The third kappa shape index (κ3) is 2.97. The van der Waals surface area contributed by atoms with E-state index in [-0.39, 0.29) is 18.6 Å². The van der Waals surface area contributed by atoms with E-state index >= 15 is 0 Å². The molecule has 92 valence electrons. The van der Waals surface area contributed by atoms with Crippen molar-refractivity contribution in [3.05, 3.63) is 35.4 Å². The highest BCUT2D eigenvalue weighted by atomic mass is 16.6. The molecule has 4 nitrogen and oxygen atoms in total. The van der Waals surface area contributed by atoms with Crippen LogP contribution in [-0.2, 0) is 11.3 Å². The number of hydrogen-bond acceptors (Lipinski definition) is 3. The first-order chi connectivity index (χ1) is 8.19. The van der Waals surface area contributed by atoms with Gasteiger partial charge in [-0.2, -0.15) is 0 Å². The summed E-state index contributed by atoms with van der Waals surface area (Å²) in [6.07, 6.45) is -0.296. The molecule has 1 aliphatic heterocycles. The van der Waals surface area contributed by atoms with Crippen molar-refractivity contribution in [2.24, 2.45) is 5.92 Å². The Balaban J connectivity index is 2.01. The van der Waals surface area contributed by atoms with Gasteiger partial charge in [-0.05, 0) is 12.5 Å². The number of cyclic esters (lactones) is 1. The molecule has 0 spiro atoms. The minimum atomic E-state index is -0.296. The second kappa shape index (κ2) is 5.19. The first kappa shape index (κ1) is 11.9. The van der Waals surface area contributed by atoms with Gasteiger partial charge in [0.25, 0.3) is 0 Å². The molecule has 0 radical (unpaired) electrons. The summed E-state index contributed by atoms with van der Waals surface area (Å²) in [6, 6.07) is 8.05. The van der Waals surface area contributed by atoms with Gasteiger partial charge in [-0.15, -0.1) is 0 Å². The topological polar surface area (TPSA) is 49.8 Å². The highest BCUT2D eigenvalue weighted by Gasteiger charge is 2.26. The van der Waals surface area contributed by atoms with Gasteiger partial charge in [0.1, 0.15) is 0 Å². The fourth-order valence-corrected chi connectivity index (χ4v) is 1.87. The summed E-state index contributed by atoms with van der Waals surface area (Å²) in [7, 11) is 0. The van der Waals surface area contributed by atoms with Crippen molar-refractivity contribution in [1.29, 1.82) is 0 Å². The van der Waals surface area contributed by atoms with Gasteiger partial charge in [-0.25, -0.2) is 4.79 Å². The zero-order valence-corrected chi connectivity index (χ0v) is 9.93. The molecular formula is C13H17NO3. The van der Waals surface area contributed by atoms with Gasteiger partial charge in [0.15, 0.2) is 0 Å². The van der Waals surface area contributed by atoms with Crippen molar-refractivity contribution in [3.8, 4) is 0 Å². The normalized spacial score (nSPS) is 20.2. The van der Waals surface area contributed by atoms with E-state index in [1.54, 1.807) is 4.90 Å². The predicted octanol–water partition coefficient (Wildman–Crippen LogP) is 1.56. The Morgan fingerprint density at radius 2 is 2.12 bits per heavy atom. The van der Waals surface area contributed by atoms with Crippen molar-refractivity contribution >= 4 is 6.09 Å². The number of aliphatic hydroxyl groups excluding tert-OH is 1. The quantitative estimate of drug-likeness (QED) is 0.865. The number of rotatable bonds is 3. The average molecular weight is 235 g/mol. The van der Waals surface area contributed by atoms with E-state index in [4.69, 9.17) is 9.84 Å². The molecule has 0 aromatic heterocycles. The summed E-state index contributed by atoms with van der Waals surface area (Å²) in [5, 5.41) is 9.08. The SMILES string of the molecule is Cc1ccc(CN2CC(CO)COC2=O)cc1. The molecule has 1 heterocycles. The van der Waals surface area contributed by atoms with E-state index in [9.17, 15) is 4.79 Å². The maximum Gasteiger partial charge on any atom is 0.410 e. The van der Waals surface area contributed by atoms with Crippen LogP contribution in [0.25, 0.3) is 0 Å². The van der Waals surface area contributed by atoms with Crippen LogP contribution < -0.4 is 0 Å². The van der Waals surface area contributed by atoms with Crippen molar-refractivity contribution in [3.63, 3.8) is 0 Å². The van der Waals surface area contributed by atoms with E-state index in [2.05, 4.69) is 0 Å². The fraction of sp³-hybridized carbons (Fsp3) is 0.462. The molecule has 0 aliphatic carbocycles. The zero-order valence-electron chi connectivity index (χ0n) is 9.93. The zero-order chi connectivity index (χ0) is 12.3. The maximum absolute atomic E-state index is 11.5. The van der Waals surface area contributed by atoms with Crippen LogP contribution in [0.5, 0.6) is 0 Å². The molecule has 1 atom stereocenters. The first-order valence-corrected chi connectivity index (χ1v) is 5.77. The summed E-state index contributed by atoms with van der Waals surface area (Å²) < 4.78 is 5.02. The Morgan fingerprint density at radius 1 is 1.41 bits per heavy atom. The van der Waals surface area contributed by atoms with Gasteiger partial charge in [-0.1, -0.05) is 29.8 Å². The summed E-state index contributed by atoms with van der Waals surface area (Å²) in [6.45, 7) is 3.50. The van der Waals surface area contributed by atoms with Crippen LogP contribution in [-0.4, -0.2) is 35.9 Å². The number of carbonyl (C=O) groups is 1. The molecule has 1 aromatic rings. The fourth-order valence-electron chi connectivity index (χ4n) is 1.87. The van der Waals surface area contributed by atoms with Crippen molar-refractivity contribution in [2.45, 2.75) is 13.5 Å². The van der Waals surface area contributed by atoms with Crippen LogP contribution in [0.2, 0.25) is 0 Å². The Labute approximate surface area is 101 Å². The standard InChI is InChI=1S/C13H17NO3/c1-10-2-4-11(5-3-10)6-14-7-12(8-15)9-17-13(14)16/h2-5,12,15H,6-9H2,1H3. The van der Waals surface area contributed by atoms with Gasteiger partial charge in [0.05, 0.1) is 13.2 Å². The van der Waals surface area contributed by atoms with Crippen LogP contribution >= 0.6 is 0 Å². The number of carbonyl (C=O) groups excluding carboxylic acids is 1. The lowest BCUT2D eigenvalue weighted by Gasteiger charge is -2.31. The van der Waals surface area contributed by atoms with Crippen LogP contribution in [0, 0.1) is 12.8 Å². The van der Waals surface area contributed by atoms with E-state index in [0.29, 0.717) is 19.7 Å². The van der Waals surface area contributed by atoms with Crippen LogP contribution in [0.4, 0.5) is 4.79 Å². The molecule has 1 unspecified atom stereocenters. The van der Waals surface area contributed by atoms with Crippen LogP contribution in [0.1, 0.15) is 11.1 Å². The third-order valence-electron chi connectivity index (χ3n) is 2.93. The number of amides is 1. The van der Waals surface area contributed by atoms with E-state index in [1.807, 2.05) is 31.2 Å². The predicted molar refractivity (Wildman–Crippen MR) is 63.5 cm³/mol. The molecule has 1 amide bonds. The summed E-state index contributed by atoms with van der Waals surface area (Å²) >= 11 is 0. The Bertz CT molecular complexity index is 388. The molecule has 1 fully saturated rings. The molecule has 1 aliphatic rings. The van der Waals surface area contributed by atoms with Crippen molar-refractivity contribution in [2.75, 3.05) is 19.8 Å². The molecule has 17 heavy (non-hydrogen) atoms. The number of aryl methyl sites for hydroxylation is 1. The molecular weight excluding hydrogens is 218 g/mol. The van der Waals surface area contributed by atoms with Gasteiger partial charge in [0, 0.05) is 19.0 Å². The van der Waals surface area contributed by atoms with Gasteiger partial charge in [-0.3, -0.25) is 0 Å². The lowest BCUT2D eigenvalue weighted by Crippen LogP contribution is -2.43. The first-order valence-electron chi connectivity index (χ1n) is 5.77. The lowest BCUT2D eigenvalue weighted by molar-refractivity contribution is 0.0221. The molecule has 4 heteroatoms. The summed E-state index contributed by atoms with van der Waals surface area (Å²) in [5.41, 5.74) is 2.27. The van der Waals surface area contributed by atoms with E-state index in [0.717, 1.165) is 5.56 Å². The Kier molecular flexibility index (Phi) is 3.64. The Morgan fingerprint density at radius 3 is 2.76 bits per heavy atom. The number of hydrogen-bond donors (Lipinski definition) is 1. The van der Waals surface area contributed by atoms with Crippen molar-refractivity contribution < 1.29 is 14.6 Å². The van der Waals surface area contributed by atoms with Gasteiger partial charge >= 0.3 is 6.09 Å². The van der Waals surface area contributed by atoms with Gasteiger partial charge in [0.2, 0.25) is 0 Å². The lowest BCUT2D eigenvalue weighted by atomic mass is 10.1. The average Bonchev–Trinajstić information content (AvgIpc) is 2.35. The number of benzene rings is 1. The Hall–Kier alpha value is -1.55. The van der Waals surface area contributed by atoms with Crippen molar-refractivity contribution in [1.82, 2.24) is 4.90 Å². The maximum atomic E-state index is 11.5.